The monoisotopic (exact) mass is 279 g/mol. The fourth-order valence-corrected chi connectivity index (χ4v) is 2.36. The smallest absolute Gasteiger partial charge is 0.295 e. The van der Waals surface area contributed by atoms with E-state index in [0.717, 1.165) is 9.16 Å². The van der Waals surface area contributed by atoms with E-state index >= 15 is 0 Å². The van der Waals surface area contributed by atoms with E-state index < -0.39 is 0 Å². The first-order valence-electron chi connectivity index (χ1n) is 6.49. The molecule has 1 aromatic heterocycles. The lowest BCUT2D eigenvalue weighted by atomic mass is 10.1. The van der Waals surface area contributed by atoms with Gasteiger partial charge in [-0.15, -0.1) is 0 Å². The molecule has 0 bridgehead atoms. The highest BCUT2D eigenvalue weighted by Gasteiger charge is 2.22. The molecule has 1 heterocycles. The zero-order valence-corrected chi connectivity index (χ0v) is 11.4. The number of hydrogen-bond donors (Lipinski definition) is 0. The number of aromatic nitrogens is 2. The molecule has 0 radical (unpaired) electrons. The van der Waals surface area contributed by atoms with E-state index in [1.54, 1.807) is 43.4 Å². The van der Waals surface area contributed by atoms with Gasteiger partial charge >= 0.3 is 0 Å². The molecule has 0 atom stereocenters. The summed E-state index contributed by atoms with van der Waals surface area (Å²) in [6, 6.07) is 15.8. The number of hydrogen-bond acceptors (Lipinski definition) is 3. The van der Waals surface area contributed by atoms with Crippen LogP contribution in [0, 0.1) is 10.1 Å². The highest BCUT2D eigenvalue weighted by Crippen LogP contribution is 2.21. The molecule has 3 rings (SSSR count). The van der Waals surface area contributed by atoms with Crippen molar-refractivity contribution in [3.63, 3.8) is 0 Å². The number of fused-ring (bicyclic) bond motifs is 1. The van der Waals surface area contributed by atoms with Crippen molar-refractivity contribution in [1.29, 1.82) is 0 Å². The minimum Gasteiger partial charge on any atom is -0.805 e. The first-order chi connectivity index (χ1) is 10.2. The standard InChI is InChI=1S/C16H13N3O2/c1-17-11-15-16(12-7-3-2-4-8-12)19(21)14-10-6-5-9-13(14)18(15)20/h2-11H,1H3. The van der Waals surface area contributed by atoms with E-state index in [1.807, 2.05) is 18.2 Å². The van der Waals surface area contributed by atoms with Gasteiger partial charge < -0.3 is 9.94 Å². The molecule has 5 heteroatoms. The van der Waals surface area contributed by atoms with E-state index in [1.165, 1.54) is 6.21 Å². The predicted molar refractivity (Wildman–Crippen MR) is 83.0 cm³/mol. The second kappa shape index (κ2) is 5.20. The van der Waals surface area contributed by atoms with Crippen LogP contribution in [0.15, 0.2) is 59.6 Å². The first kappa shape index (κ1) is 13.1. The van der Waals surface area contributed by atoms with Gasteiger partial charge in [-0.25, -0.2) is 0 Å². The minimum atomic E-state index is 0.234. The number of nitrogens with zero attached hydrogens (tertiary/aromatic N) is 3. The number of para-hydroxylation sites is 2. The lowest BCUT2D eigenvalue weighted by Crippen LogP contribution is -2.25. The van der Waals surface area contributed by atoms with Gasteiger partial charge in [0.15, 0.2) is 0 Å². The Hall–Kier alpha value is -2.95. The number of benzene rings is 2. The molecule has 21 heavy (non-hydrogen) atoms. The third kappa shape index (κ3) is 2.08. The van der Waals surface area contributed by atoms with Gasteiger partial charge in [0.1, 0.15) is 11.2 Å². The van der Waals surface area contributed by atoms with Crippen molar-refractivity contribution in [2.45, 2.75) is 0 Å². The van der Waals surface area contributed by atoms with Gasteiger partial charge in [0.2, 0.25) is 0 Å². The summed E-state index contributed by atoms with van der Waals surface area (Å²) in [5.41, 5.74) is 1.87. The molecule has 0 saturated heterocycles. The molecule has 0 amide bonds. The summed E-state index contributed by atoms with van der Waals surface area (Å²) in [6.07, 6.45) is 1.41. The predicted octanol–water partition coefficient (Wildman–Crippen LogP) is 2.62. The van der Waals surface area contributed by atoms with Gasteiger partial charge in [0, 0.05) is 18.0 Å². The van der Waals surface area contributed by atoms with Crippen molar-refractivity contribution >= 4 is 17.2 Å². The van der Waals surface area contributed by atoms with Crippen LogP contribution in [0.4, 0.5) is 0 Å². The molecule has 0 saturated carbocycles. The van der Waals surface area contributed by atoms with Gasteiger partial charge in [-0.1, -0.05) is 30.3 Å². The van der Waals surface area contributed by atoms with Gasteiger partial charge in [0.25, 0.3) is 11.2 Å². The van der Waals surface area contributed by atoms with Gasteiger partial charge in [-0.05, 0) is 18.2 Å². The zero-order valence-electron chi connectivity index (χ0n) is 11.4. The van der Waals surface area contributed by atoms with Crippen LogP contribution in [0.3, 0.4) is 0 Å². The number of aliphatic imine (C=N–C) groups is 1. The van der Waals surface area contributed by atoms with Crippen LogP contribution in [0.2, 0.25) is 0 Å². The maximum absolute atomic E-state index is 12.7. The van der Waals surface area contributed by atoms with Crippen molar-refractivity contribution in [2.75, 3.05) is 7.05 Å². The highest BCUT2D eigenvalue weighted by atomic mass is 16.5. The fourth-order valence-electron chi connectivity index (χ4n) is 2.36. The summed E-state index contributed by atoms with van der Waals surface area (Å²) in [7, 11) is 1.57. The van der Waals surface area contributed by atoms with Crippen LogP contribution in [0.1, 0.15) is 5.69 Å². The SMILES string of the molecule is CN=Cc1c(-c2ccccc2)[n+](=O)c2ccccc2n1[O-]. The van der Waals surface area contributed by atoms with Gasteiger partial charge in [-0.3, -0.25) is 4.99 Å². The van der Waals surface area contributed by atoms with Crippen molar-refractivity contribution in [3.8, 4) is 11.3 Å². The molecule has 2 aromatic carbocycles. The Morgan fingerprint density at radius 3 is 2.48 bits per heavy atom. The van der Waals surface area contributed by atoms with Crippen molar-refractivity contribution in [3.05, 3.63) is 70.4 Å². The Kier molecular flexibility index (Phi) is 3.23. The summed E-state index contributed by atoms with van der Waals surface area (Å²) in [5, 5.41) is 12.5. The average molecular weight is 279 g/mol. The van der Waals surface area contributed by atoms with Crippen molar-refractivity contribution in [1.82, 2.24) is 4.73 Å². The van der Waals surface area contributed by atoms with E-state index in [0.29, 0.717) is 22.3 Å². The molecule has 104 valence electrons. The van der Waals surface area contributed by atoms with E-state index in [9.17, 15) is 10.1 Å². The normalized spacial score (nSPS) is 11.3. The minimum absolute atomic E-state index is 0.234. The second-order valence-electron chi connectivity index (χ2n) is 4.56. The topological polar surface area (TPSA) is 63.3 Å². The maximum Gasteiger partial charge on any atom is 0.295 e. The Balaban J connectivity index is 2.51. The zero-order chi connectivity index (χ0) is 14.8. The molecule has 0 unspecified atom stereocenters. The van der Waals surface area contributed by atoms with Crippen LogP contribution in [-0.4, -0.2) is 18.0 Å². The molecule has 0 N–H and O–H groups in total. The largest absolute Gasteiger partial charge is 0.805 e. The lowest BCUT2D eigenvalue weighted by molar-refractivity contribution is -0.451. The van der Waals surface area contributed by atoms with E-state index in [-0.39, 0.29) is 5.69 Å². The van der Waals surface area contributed by atoms with Crippen molar-refractivity contribution < 1.29 is 4.43 Å². The summed E-state index contributed by atoms with van der Waals surface area (Å²) in [6.45, 7) is 0. The molecule has 0 aliphatic heterocycles. The molecule has 0 fully saturated rings. The molecule has 0 aliphatic rings. The molecule has 3 aromatic rings. The van der Waals surface area contributed by atoms with Crippen LogP contribution in [-0.2, 0) is 0 Å². The summed E-state index contributed by atoms with van der Waals surface area (Å²) in [4.78, 5) is 16.6. The van der Waals surface area contributed by atoms with Crippen LogP contribution >= 0.6 is 0 Å². The third-order valence-corrected chi connectivity index (χ3v) is 3.28. The summed E-state index contributed by atoms with van der Waals surface area (Å²) >= 11 is 0. The summed E-state index contributed by atoms with van der Waals surface area (Å²) in [5.74, 6) is 0. The summed E-state index contributed by atoms with van der Waals surface area (Å²) < 4.78 is 1.54. The molecule has 0 aliphatic carbocycles. The van der Waals surface area contributed by atoms with Crippen molar-refractivity contribution in [2.24, 2.45) is 4.99 Å². The van der Waals surface area contributed by atoms with E-state index in [4.69, 9.17) is 0 Å². The first-order valence-corrected chi connectivity index (χ1v) is 6.49. The molecule has 5 nitrogen and oxygen atoms in total. The van der Waals surface area contributed by atoms with Crippen LogP contribution in [0.5, 0.6) is 0 Å². The molecular weight excluding hydrogens is 266 g/mol. The maximum atomic E-state index is 12.7. The Labute approximate surface area is 121 Å². The Bertz CT molecular complexity index is 883. The molecular formula is C16H13N3O2. The Morgan fingerprint density at radius 1 is 1.10 bits per heavy atom. The van der Waals surface area contributed by atoms with Gasteiger partial charge in [-0.2, -0.15) is 0 Å². The van der Waals surface area contributed by atoms with E-state index in [2.05, 4.69) is 4.99 Å². The van der Waals surface area contributed by atoms with Crippen LogP contribution < -0.4 is 4.43 Å². The quantitative estimate of drug-likeness (QED) is 0.534. The van der Waals surface area contributed by atoms with Crippen LogP contribution in [0.25, 0.3) is 22.3 Å². The Morgan fingerprint density at radius 2 is 1.76 bits per heavy atom. The lowest BCUT2D eigenvalue weighted by Gasteiger charge is -2.16. The van der Waals surface area contributed by atoms with Gasteiger partial charge in [0.05, 0.1) is 16.2 Å². The average Bonchev–Trinajstić information content (AvgIpc) is 2.54. The third-order valence-electron chi connectivity index (χ3n) is 3.28. The second-order valence-corrected chi connectivity index (χ2v) is 4.56. The fraction of sp³-hybridized carbons (Fsp3) is 0.0625. The highest BCUT2D eigenvalue weighted by molar-refractivity contribution is 5.89. The number of rotatable bonds is 2. The molecule has 0 spiro atoms.